The largest absolute Gasteiger partial charge is 0.364 e. The van der Waals surface area contributed by atoms with E-state index in [0.29, 0.717) is 12.2 Å². The Labute approximate surface area is 169 Å². The lowest BCUT2D eigenvalue weighted by Gasteiger charge is -2.35. The molecule has 1 N–H and O–H groups in total. The predicted octanol–water partition coefficient (Wildman–Crippen LogP) is 4.37. The standard InChI is InChI=1S/C23H25FN4O/c1-22(2)14-23(15-28(22)17-8-5-7-16(24)13-17)11-6-12-27(23)21(29)20-18-9-3-4-10-19(18)25-26-20/h3-5,7-10,13H,6,11-12,14-15H2,1-2H3,(H,25,26). The third kappa shape index (κ3) is 2.81. The molecular weight excluding hydrogens is 367 g/mol. The number of amides is 1. The SMILES string of the molecule is CC1(C)CC2(CCCN2C(=O)c2n[nH]c3ccccc23)CN1c1cccc(F)c1. The molecule has 3 aromatic rings. The number of nitrogens with one attached hydrogen (secondary N) is 1. The van der Waals surface area contributed by atoms with Crippen molar-refractivity contribution in [1.29, 1.82) is 0 Å². The Balaban J connectivity index is 1.51. The van der Waals surface area contributed by atoms with Gasteiger partial charge in [-0.15, -0.1) is 0 Å². The number of nitrogens with zero attached hydrogens (tertiary/aromatic N) is 3. The number of aromatic amines is 1. The van der Waals surface area contributed by atoms with E-state index in [4.69, 9.17) is 0 Å². The molecule has 5 nitrogen and oxygen atoms in total. The Hall–Kier alpha value is -2.89. The maximum Gasteiger partial charge on any atom is 0.275 e. The second-order valence-corrected chi connectivity index (χ2v) is 8.96. The summed E-state index contributed by atoms with van der Waals surface area (Å²) in [6, 6.07) is 14.5. The first-order valence-corrected chi connectivity index (χ1v) is 10.2. The zero-order valence-corrected chi connectivity index (χ0v) is 16.8. The molecule has 2 aromatic carbocycles. The van der Waals surface area contributed by atoms with E-state index in [1.165, 1.54) is 6.07 Å². The average molecular weight is 392 g/mol. The van der Waals surface area contributed by atoms with Crippen molar-refractivity contribution >= 4 is 22.5 Å². The lowest BCUT2D eigenvalue weighted by Crippen LogP contribution is -2.49. The van der Waals surface area contributed by atoms with Gasteiger partial charge in [0.15, 0.2) is 5.69 Å². The highest BCUT2D eigenvalue weighted by atomic mass is 19.1. The second kappa shape index (κ2) is 6.31. The number of hydrogen-bond donors (Lipinski definition) is 1. The fourth-order valence-corrected chi connectivity index (χ4v) is 5.41. The Bertz CT molecular complexity index is 1090. The normalized spacial score (nSPS) is 23.4. The van der Waals surface area contributed by atoms with Crippen LogP contribution in [-0.4, -0.2) is 45.2 Å². The Morgan fingerprint density at radius 3 is 2.83 bits per heavy atom. The summed E-state index contributed by atoms with van der Waals surface area (Å²) < 4.78 is 13.9. The van der Waals surface area contributed by atoms with Crippen LogP contribution in [-0.2, 0) is 0 Å². The van der Waals surface area contributed by atoms with E-state index in [1.54, 1.807) is 12.1 Å². The van der Waals surface area contributed by atoms with Crippen LogP contribution in [0.1, 0.15) is 43.6 Å². The predicted molar refractivity (Wildman–Crippen MR) is 112 cm³/mol. The summed E-state index contributed by atoms with van der Waals surface area (Å²) in [5.74, 6) is -0.251. The lowest BCUT2D eigenvalue weighted by atomic mass is 9.87. The van der Waals surface area contributed by atoms with E-state index in [9.17, 15) is 9.18 Å². The Kier molecular flexibility index (Phi) is 3.95. The summed E-state index contributed by atoms with van der Waals surface area (Å²) in [6.45, 7) is 5.79. The number of anilines is 1. The van der Waals surface area contributed by atoms with Gasteiger partial charge >= 0.3 is 0 Å². The van der Waals surface area contributed by atoms with Crippen LogP contribution in [0.25, 0.3) is 10.9 Å². The zero-order valence-electron chi connectivity index (χ0n) is 16.8. The number of carbonyl (C=O) groups is 1. The summed E-state index contributed by atoms with van der Waals surface area (Å²) in [5.41, 5.74) is 1.80. The molecule has 1 spiro atoms. The zero-order chi connectivity index (χ0) is 20.2. The van der Waals surface area contributed by atoms with Crippen molar-refractivity contribution in [2.45, 2.75) is 44.2 Å². The first kappa shape index (κ1) is 18.2. The van der Waals surface area contributed by atoms with Gasteiger partial charge in [-0.25, -0.2) is 4.39 Å². The molecule has 0 saturated carbocycles. The van der Waals surface area contributed by atoms with Gasteiger partial charge in [0.05, 0.1) is 11.1 Å². The number of halogens is 1. The number of para-hydroxylation sites is 1. The van der Waals surface area contributed by atoms with Crippen molar-refractivity contribution in [2.75, 3.05) is 18.0 Å². The van der Waals surface area contributed by atoms with Gasteiger partial charge < -0.3 is 9.80 Å². The second-order valence-electron chi connectivity index (χ2n) is 8.96. The Morgan fingerprint density at radius 1 is 1.17 bits per heavy atom. The van der Waals surface area contributed by atoms with Crippen LogP contribution >= 0.6 is 0 Å². The molecule has 5 rings (SSSR count). The van der Waals surface area contributed by atoms with E-state index >= 15 is 0 Å². The minimum absolute atomic E-state index is 0.0168. The van der Waals surface area contributed by atoms with Crippen molar-refractivity contribution in [1.82, 2.24) is 15.1 Å². The van der Waals surface area contributed by atoms with Crippen molar-refractivity contribution in [3.8, 4) is 0 Å². The van der Waals surface area contributed by atoms with Gasteiger partial charge in [-0.2, -0.15) is 5.10 Å². The number of H-pyrrole nitrogens is 1. The van der Waals surface area contributed by atoms with E-state index in [1.807, 2.05) is 35.2 Å². The molecule has 2 aliphatic heterocycles. The van der Waals surface area contributed by atoms with E-state index in [0.717, 1.165) is 42.4 Å². The van der Waals surface area contributed by atoms with Crippen molar-refractivity contribution in [3.63, 3.8) is 0 Å². The first-order chi connectivity index (χ1) is 13.9. The van der Waals surface area contributed by atoms with E-state index < -0.39 is 0 Å². The summed E-state index contributed by atoms with van der Waals surface area (Å²) in [5, 5.41) is 8.18. The van der Waals surface area contributed by atoms with Crippen molar-refractivity contribution in [3.05, 3.63) is 60.0 Å². The number of aromatic nitrogens is 2. The third-order valence-corrected chi connectivity index (χ3v) is 6.58. The van der Waals surface area contributed by atoms with Gasteiger partial charge in [0.25, 0.3) is 5.91 Å². The van der Waals surface area contributed by atoms with Crippen molar-refractivity contribution < 1.29 is 9.18 Å². The molecule has 1 atom stereocenters. The van der Waals surface area contributed by atoms with Crippen LogP contribution in [0.3, 0.4) is 0 Å². The minimum Gasteiger partial charge on any atom is -0.364 e. The number of benzene rings is 2. The van der Waals surface area contributed by atoms with Crippen LogP contribution in [0.15, 0.2) is 48.5 Å². The Morgan fingerprint density at radius 2 is 2.00 bits per heavy atom. The molecule has 0 aliphatic carbocycles. The van der Waals surface area contributed by atoms with Crippen LogP contribution in [0.4, 0.5) is 10.1 Å². The quantitative estimate of drug-likeness (QED) is 0.705. The summed E-state index contributed by atoms with van der Waals surface area (Å²) >= 11 is 0. The van der Waals surface area contributed by atoms with Crippen LogP contribution in [0.5, 0.6) is 0 Å². The van der Waals surface area contributed by atoms with E-state index in [-0.39, 0.29) is 22.8 Å². The molecule has 0 bridgehead atoms. The van der Waals surface area contributed by atoms with Gasteiger partial charge in [0.2, 0.25) is 0 Å². The van der Waals surface area contributed by atoms with Gasteiger partial charge in [-0.3, -0.25) is 9.89 Å². The van der Waals surface area contributed by atoms with Gasteiger partial charge in [-0.05, 0) is 57.4 Å². The van der Waals surface area contributed by atoms with Gasteiger partial charge in [0.1, 0.15) is 5.82 Å². The highest BCUT2D eigenvalue weighted by molar-refractivity contribution is 6.05. The molecule has 1 aromatic heterocycles. The number of rotatable bonds is 2. The van der Waals surface area contributed by atoms with Crippen molar-refractivity contribution in [2.24, 2.45) is 0 Å². The van der Waals surface area contributed by atoms with Gasteiger partial charge in [0, 0.05) is 29.7 Å². The van der Waals surface area contributed by atoms with Crippen LogP contribution < -0.4 is 4.90 Å². The molecule has 1 unspecified atom stereocenters. The molecular formula is C23H25FN4O. The molecule has 6 heteroatoms. The molecule has 2 saturated heterocycles. The van der Waals surface area contributed by atoms with E-state index in [2.05, 4.69) is 28.9 Å². The monoisotopic (exact) mass is 392 g/mol. The third-order valence-electron chi connectivity index (χ3n) is 6.58. The number of fused-ring (bicyclic) bond motifs is 1. The summed E-state index contributed by atoms with van der Waals surface area (Å²) in [7, 11) is 0. The first-order valence-electron chi connectivity index (χ1n) is 10.2. The topological polar surface area (TPSA) is 52.2 Å². The fourth-order valence-electron chi connectivity index (χ4n) is 5.41. The molecule has 0 radical (unpaired) electrons. The maximum absolute atomic E-state index is 13.9. The highest BCUT2D eigenvalue weighted by Crippen LogP contribution is 2.47. The molecule has 2 aliphatic rings. The minimum atomic E-state index is -0.257. The number of hydrogen-bond acceptors (Lipinski definition) is 3. The number of carbonyl (C=O) groups excluding carboxylic acids is 1. The fraction of sp³-hybridized carbons (Fsp3) is 0.391. The molecule has 150 valence electrons. The van der Waals surface area contributed by atoms with Crippen LogP contribution in [0.2, 0.25) is 0 Å². The number of likely N-dealkylation sites (tertiary alicyclic amines) is 1. The van der Waals surface area contributed by atoms with Crippen LogP contribution in [0, 0.1) is 5.82 Å². The average Bonchev–Trinajstić information content (AvgIpc) is 3.36. The highest BCUT2D eigenvalue weighted by Gasteiger charge is 2.55. The maximum atomic E-state index is 13.9. The molecule has 29 heavy (non-hydrogen) atoms. The van der Waals surface area contributed by atoms with Gasteiger partial charge in [-0.1, -0.05) is 24.3 Å². The summed E-state index contributed by atoms with van der Waals surface area (Å²) in [4.78, 5) is 17.8. The molecule has 1 amide bonds. The summed E-state index contributed by atoms with van der Waals surface area (Å²) in [6.07, 6.45) is 2.78. The molecule has 2 fully saturated rings. The molecule has 3 heterocycles. The smallest absolute Gasteiger partial charge is 0.275 e. The lowest BCUT2D eigenvalue weighted by molar-refractivity contribution is 0.0613.